The molecule has 0 radical (unpaired) electrons. The molecule has 0 amide bonds. The van der Waals surface area contributed by atoms with E-state index in [0.717, 1.165) is 0 Å². The largest absolute Gasteiger partial charge is 0.398 e. The van der Waals surface area contributed by atoms with E-state index in [0.29, 0.717) is 49.0 Å². The van der Waals surface area contributed by atoms with Crippen molar-refractivity contribution in [3.8, 4) is 23.5 Å². The fraction of sp³-hybridized carbons (Fsp3) is 0. The molecule has 0 aliphatic rings. The van der Waals surface area contributed by atoms with Gasteiger partial charge in [-0.15, -0.1) is 0 Å². The van der Waals surface area contributed by atoms with Crippen LogP contribution in [0.4, 0.5) is 20.2 Å². The third-order valence-corrected chi connectivity index (χ3v) is 7.40. The molecular weight excluding hydrogens is 734 g/mol. The van der Waals surface area contributed by atoms with Crippen molar-refractivity contribution in [3.05, 3.63) is 115 Å². The maximum absolute atomic E-state index is 13.0. The second-order valence-corrected chi connectivity index (χ2v) is 10.4. The van der Waals surface area contributed by atoms with Gasteiger partial charge >= 0.3 is 0 Å². The Bertz CT molecular complexity index is 2100. The van der Waals surface area contributed by atoms with Crippen LogP contribution in [0.2, 0.25) is 0 Å². The molecule has 2 N–H and O–H groups in total. The number of nitrogen functional groups attached to an aromatic ring is 1. The van der Waals surface area contributed by atoms with Gasteiger partial charge in [0.25, 0.3) is 5.69 Å². The van der Waals surface area contributed by atoms with Crippen molar-refractivity contribution in [2.75, 3.05) is 5.73 Å². The van der Waals surface area contributed by atoms with Crippen LogP contribution >= 0.6 is 31.9 Å². The van der Waals surface area contributed by atoms with Gasteiger partial charge < -0.3 is 5.73 Å². The number of nitriles is 2. The van der Waals surface area contributed by atoms with Crippen molar-refractivity contribution in [2.24, 2.45) is 0 Å². The number of anilines is 1. The number of halogens is 4. The van der Waals surface area contributed by atoms with Crippen molar-refractivity contribution in [1.29, 1.82) is 10.5 Å². The second kappa shape index (κ2) is 12.7. The molecule has 0 spiro atoms. The molecule has 6 aromatic rings. The first-order chi connectivity index (χ1) is 20.1. The molecule has 0 unspecified atom stereocenters. The van der Waals surface area contributed by atoms with Crippen LogP contribution in [0, 0.1) is 44.4 Å². The van der Waals surface area contributed by atoms with Gasteiger partial charge in [0.15, 0.2) is 11.4 Å². The third-order valence-electron chi connectivity index (χ3n) is 6.08. The van der Waals surface area contributed by atoms with Crippen LogP contribution in [0.25, 0.3) is 33.2 Å². The molecule has 0 fully saturated rings. The predicted molar refractivity (Wildman–Crippen MR) is 158 cm³/mol. The van der Waals surface area contributed by atoms with Crippen LogP contribution < -0.4 is 5.73 Å². The van der Waals surface area contributed by atoms with Gasteiger partial charge in [0.2, 0.25) is 0 Å². The van der Waals surface area contributed by atoms with Gasteiger partial charge in [-0.3, -0.25) is 10.1 Å². The summed E-state index contributed by atoms with van der Waals surface area (Å²) in [6, 6.07) is 21.6. The molecule has 4 aromatic carbocycles. The molecule has 15 heteroatoms. The first-order valence-electron chi connectivity index (χ1n) is 11.8. The Kier molecular flexibility index (Phi) is 9.23. The maximum Gasteiger partial charge on any atom is 0.285 e. The molecule has 214 valence electrons. The minimum absolute atomic E-state index is 0. The van der Waals surface area contributed by atoms with Crippen LogP contribution in [0.5, 0.6) is 0 Å². The monoisotopic (exact) mass is 746 g/mol. The third kappa shape index (κ3) is 6.11. The van der Waals surface area contributed by atoms with Crippen molar-refractivity contribution in [3.63, 3.8) is 0 Å². The average Bonchev–Trinajstić information content (AvgIpc) is 3.50. The van der Waals surface area contributed by atoms with Crippen molar-refractivity contribution < 1.29 is 30.8 Å². The van der Waals surface area contributed by atoms with Crippen molar-refractivity contribution in [2.45, 2.75) is 0 Å². The van der Waals surface area contributed by atoms with Gasteiger partial charge in [0.1, 0.15) is 29.3 Å². The molecule has 43 heavy (non-hydrogen) atoms. The number of nitro benzene ring substituents is 1. The first-order valence-corrected chi connectivity index (χ1v) is 13.4. The molecule has 2 aromatic heterocycles. The summed E-state index contributed by atoms with van der Waals surface area (Å²) in [5.41, 5.74) is 8.87. The van der Waals surface area contributed by atoms with E-state index in [1.807, 2.05) is 6.07 Å². The number of nitrogens with zero attached hydrogens (tertiary/aromatic N) is 7. The van der Waals surface area contributed by atoms with E-state index in [1.165, 1.54) is 57.9 Å². The zero-order valence-electron chi connectivity index (χ0n) is 21.3. The molecule has 6 rings (SSSR count). The molecule has 0 saturated carbocycles. The van der Waals surface area contributed by atoms with E-state index in [1.54, 1.807) is 24.3 Å². The van der Waals surface area contributed by atoms with Crippen LogP contribution in [-0.2, 0) is 17.1 Å². The Labute approximate surface area is 268 Å². The molecule has 10 nitrogen and oxygen atoms in total. The molecule has 0 saturated heterocycles. The Hall–Kier alpha value is -4.66. The SMILES string of the molecule is N#Cc1c2cc(Br)c(N)cc2nn1-c1ccc(F)cc1.N#Cc1c2cc(Br)c([N+](=O)[O-])cc2nn1-c1ccc(F)cc1.[Fe]. The summed E-state index contributed by atoms with van der Waals surface area (Å²) in [5, 5.41) is 39.4. The summed E-state index contributed by atoms with van der Waals surface area (Å²) in [5.74, 6) is -0.742. The van der Waals surface area contributed by atoms with Crippen LogP contribution in [0.15, 0.2) is 81.7 Å². The molecule has 0 bridgehead atoms. The molecule has 0 aliphatic heterocycles. The Morgan fingerprint density at radius 1 is 0.767 bits per heavy atom. The standard InChI is InChI=1S/C14H6BrFN4O2.C14H8BrFN4.Fe/c15-11-5-10-12(6-13(11)20(21)22)18-19(14(10)7-17)9-3-1-8(16)2-4-9;15-11-5-10-13(6-12(11)18)19-20(14(10)7-17)9-3-1-8(16)2-4-9;/h1-6H;1-6H,18H2;. The molecular formula is C28H14Br2F2FeN8O2. The average molecular weight is 748 g/mol. The number of nitrogens with two attached hydrogens (primary N) is 1. The molecule has 2 heterocycles. The number of nitro groups is 1. The number of hydrogen-bond acceptors (Lipinski definition) is 7. The number of fused-ring (bicyclic) bond motifs is 2. The smallest absolute Gasteiger partial charge is 0.285 e. The molecule has 0 atom stereocenters. The predicted octanol–water partition coefficient (Wildman–Crippen LogP) is 7.09. The van der Waals surface area contributed by atoms with Crippen LogP contribution in [0.3, 0.4) is 0 Å². The van der Waals surface area contributed by atoms with Gasteiger partial charge in [-0.25, -0.2) is 18.1 Å². The molecule has 0 aliphatic carbocycles. The summed E-state index contributed by atoms with van der Waals surface area (Å²) in [6.45, 7) is 0. The van der Waals surface area contributed by atoms with Crippen molar-refractivity contribution >= 4 is 65.0 Å². The van der Waals surface area contributed by atoms with Crippen LogP contribution in [-0.4, -0.2) is 24.5 Å². The van der Waals surface area contributed by atoms with Gasteiger partial charge in [-0.1, -0.05) is 0 Å². The topological polar surface area (TPSA) is 152 Å². The fourth-order valence-electron chi connectivity index (χ4n) is 4.11. The summed E-state index contributed by atoms with van der Waals surface area (Å²) in [7, 11) is 0. The number of benzene rings is 4. The summed E-state index contributed by atoms with van der Waals surface area (Å²) in [6.07, 6.45) is 0. The zero-order valence-corrected chi connectivity index (χ0v) is 25.6. The summed E-state index contributed by atoms with van der Waals surface area (Å²) in [4.78, 5) is 10.4. The van der Waals surface area contributed by atoms with Gasteiger partial charge in [-0.2, -0.15) is 20.7 Å². The summed E-state index contributed by atoms with van der Waals surface area (Å²) >= 11 is 6.45. The number of rotatable bonds is 3. The van der Waals surface area contributed by atoms with Gasteiger partial charge in [-0.05, 0) is 98.6 Å². The van der Waals surface area contributed by atoms with Gasteiger partial charge in [0.05, 0.1) is 26.3 Å². The quantitative estimate of drug-likeness (QED) is 0.0879. The maximum atomic E-state index is 13.0. The van der Waals surface area contributed by atoms with E-state index in [9.17, 15) is 29.4 Å². The minimum atomic E-state index is -0.535. The second-order valence-electron chi connectivity index (χ2n) is 8.67. The van der Waals surface area contributed by atoms with Crippen LogP contribution in [0.1, 0.15) is 11.4 Å². The van der Waals surface area contributed by atoms with E-state index < -0.39 is 10.7 Å². The first kappa shape index (κ1) is 31.3. The van der Waals surface area contributed by atoms with E-state index in [4.69, 9.17) is 5.73 Å². The number of aromatic nitrogens is 4. The summed E-state index contributed by atoms with van der Waals surface area (Å²) < 4.78 is 29.8. The van der Waals surface area contributed by atoms with E-state index in [-0.39, 0.29) is 38.7 Å². The number of hydrogen-bond donors (Lipinski definition) is 1. The van der Waals surface area contributed by atoms with Gasteiger partial charge in [0, 0.05) is 44.1 Å². The Morgan fingerprint density at radius 3 is 1.60 bits per heavy atom. The van der Waals surface area contributed by atoms with E-state index in [2.05, 4.69) is 48.1 Å². The fourth-order valence-corrected chi connectivity index (χ4v) is 4.94. The Balaban J connectivity index is 0.000000193. The minimum Gasteiger partial charge on any atom is -0.398 e. The Morgan fingerprint density at radius 2 is 1.19 bits per heavy atom. The van der Waals surface area contributed by atoms with E-state index >= 15 is 0 Å². The zero-order chi connectivity index (χ0) is 30.1. The van der Waals surface area contributed by atoms with Crippen molar-refractivity contribution in [1.82, 2.24) is 19.6 Å². The normalized spacial score (nSPS) is 10.4.